The Bertz CT molecular complexity index is 1300. The first-order valence-electron chi connectivity index (χ1n) is 11.1. The third-order valence-electron chi connectivity index (χ3n) is 5.91. The van der Waals surface area contributed by atoms with Gasteiger partial charge in [0, 0.05) is 23.1 Å². The van der Waals surface area contributed by atoms with Crippen LogP contribution in [0.1, 0.15) is 28.8 Å². The molecule has 1 fully saturated rings. The monoisotopic (exact) mass is 477 g/mol. The number of carbonyl (C=O) groups is 1. The molecule has 2 atom stereocenters. The maximum absolute atomic E-state index is 13.5. The lowest BCUT2D eigenvalue weighted by Gasteiger charge is -2.29. The molecule has 1 aliphatic heterocycles. The first kappa shape index (κ1) is 22.3. The minimum Gasteiger partial charge on any atom is -0.394 e. The smallest absolute Gasteiger partial charge is 0.196 e. The number of aromatic nitrogens is 3. The van der Waals surface area contributed by atoms with Gasteiger partial charge in [-0.05, 0) is 43.2 Å². The number of para-hydroxylation sites is 1. The van der Waals surface area contributed by atoms with Crippen molar-refractivity contribution in [2.75, 3.05) is 23.8 Å². The van der Waals surface area contributed by atoms with Crippen molar-refractivity contribution in [2.45, 2.75) is 25.0 Å². The van der Waals surface area contributed by atoms with E-state index in [1.165, 1.54) is 6.33 Å². The summed E-state index contributed by atoms with van der Waals surface area (Å²) in [5.41, 5.74) is 3.11. The third kappa shape index (κ3) is 4.61. The van der Waals surface area contributed by atoms with Crippen LogP contribution in [0.5, 0.6) is 0 Å². The number of benzene rings is 2. The maximum atomic E-state index is 13.5. The summed E-state index contributed by atoms with van der Waals surface area (Å²) >= 11 is 6.53. The van der Waals surface area contributed by atoms with Crippen molar-refractivity contribution in [3.63, 3.8) is 0 Å². The molecular weight excluding hydrogens is 454 g/mol. The molecule has 0 amide bonds. The standard InChI is InChI=1S/C25H24ClN5O3/c26-21-10-16(30-15-4-2-1-3-5-15)7-9-19(21)23(33)20-11-27-24-22(20)25(29-14-28-24)31-17-6-8-18(12-32)34-13-17/h1-5,7,9-11,14,17-18,30,32H,6,8,12-13H2,(H2,27,28,29,31)/t17-,18+/m1/s1. The Labute approximate surface area is 201 Å². The highest BCUT2D eigenvalue weighted by Crippen LogP contribution is 2.31. The highest BCUT2D eigenvalue weighted by Gasteiger charge is 2.25. The summed E-state index contributed by atoms with van der Waals surface area (Å²) in [6, 6.07) is 15.0. The number of nitrogens with zero attached hydrogens (tertiary/aromatic N) is 2. The molecule has 3 heterocycles. The van der Waals surface area contributed by atoms with Gasteiger partial charge in [0.05, 0.1) is 41.3 Å². The molecule has 0 spiro atoms. The molecule has 0 bridgehead atoms. The maximum Gasteiger partial charge on any atom is 0.196 e. The van der Waals surface area contributed by atoms with E-state index in [1.54, 1.807) is 18.3 Å². The fourth-order valence-corrected chi connectivity index (χ4v) is 4.39. The van der Waals surface area contributed by atoms with Gasteiger partial charge in [-0.2, -0.15) is 0 Å². The molecule has 4 aromatic rings. The highest BCUT2D eigenvalue weighted by molar-refractivity contribution is 6.36. The highest BCUT2D eigenvalue weighted by atomic mass is 35.5. The first-order valence-corrected chi connectivity index (χ1v) is 11.5. The van der Waals surface area contributed by atoms with Gasteiger partial charge in [0.15, 0.2) is 5.78 Å². The molecule has 0 unspecified atom stereocenters. The van der Waals surface area contributed by atoms with Crippen LogP contribution >= 0.6 is 11.6 Å². The molecule has 2 aromatic carbocycles. The van der Waals surface area contributed by atoms with Gasteiger partial charge in [-0.1, -0.05) is 29.8 Å². The fraction of sp³-hybridized carbons (Fsp3) is 0.240. The van der Waals surface area contributed by atoms with Crippen LogP contribution in [-0.4, -0.2) is 51.2 Å². The van der Waals surface area contributed by atoms with E-state index in [1.807, 2.05) is 36.4 Å². The summed E-state index contributed by atoms with van der Waals surface area (Å²) < 4.78 is 5.67. The summed E-state index contributed by atoms with van der Waals surface area (Å²) in [4.78, 5) is 25.2. The van der Waals surface area contributed by atoms with Gasteiger partial charge in [-0.3, -0.25) is 4.79 Å². The Kier molecular flexibility index (Phi) is 6.44. The lowest BCUT2D eigenvalue weighted by Crippen LogP contribution is -2.36. The van der Waals surface area contributed by atoms with Crippen LogP contribution in [0.3, 0.4) is 0 Å². The molecule has 2 aromatic heterocycles. The Morgan fingerprint density at radius 1 is 1.12 bits per heavy atom. The van der Waals surface area contributed by atoms with Crippen LogP contribution < -0.4 is 10.6 Å². The van der Waals surface area contributed by atoms with Crippen LogP contribution in [0, 0.1) is 0 Å². The number of anilines is 3. The second-order valence-corrected chi connectivity index (χ2v) is 8.63. The van der Waals surface area contributed by atoms with E-state index in [0.717, 1.165) is 24.2 Å². The van der Waals surface area contributed by atoms with Crippen LogP contribution in [0.25, 0.3) is 11.0 Å². The van der Waals surface area contributed by atoms with Crippen molar-refractivity contribution in [1.82, 2.24) is 15.0 Å². The largest absolute Gasteiger partial charge is 0.394 e. The number of aliphatic hydroxyl groups is 1. The van der Waals surface area contributed by atoms with Gasteiger partial charge < -0.3 is 25.5 Å². The minimum absolute atomic E-state index is 0.0152. The Morgan fingerprint density at radius 3 is 2.71 bits per heavy atom. The van der Waals surface area contributed by atoms with Crippen LogP contribution in [0.4, 0.5) is 17.2 Å². The summed E-state index contributed by atoms with van der Waals surface area (Å²) in [5, 5.41) is 16.9. The van der Waals surface area contributed by atoms with E-state index >= 15 is 0 Å². The lowest BCUT2D eigenvalue weighted by molar-refractivity contribution is -0.0224. The van der Waals surface area contributed by atoms with E-state index in [2.05, 4.69) is 25.6 Å². The molecule has 4 N–H and O–H groups in total. The van der Waals surface area contributed by atoms with Crippen molar-refractivity contribution in [2.24, 2.45) is 0 Å². The number of hydrogen-bond acceptors (Lipinski definition) is 7. The Morgan fingerprint density at radius 2 is 1.97 bits per heavy atom. The number of hydrogen-bond donors (Lipinski definition) is 4. The second kappa shape index (κ2) is 9.80. The molecule has 0 aliphatic carbocycles. The number of H-pyrrole nitrogens is 1. The number of aliphatic hydroxyl groups excluding tert-OH is 1. The van der Waals surface area contributed by atoms with E-state index in [4.69, 9.17) is 16.3 Å². The quantitative estimate of drug-likeness (QED) is 0.289. The molecule has 1 saturated heterocycles. The van der Waals surface area contributed by atoms with Crippen molar-refractivity contribution >= 4 is 45.6 Å². The zero-order valence-corrected chi connectivity index (χ0v) is 19.0. The summed E-state index contributed by atoms with van der Waals surface area (Å²) in [6.45, 7) is 0.466. The number of rotatable bonds is 7. The molecule has 0 radical (unpaired) electrons. The zero-order chi connectivity index (χ0) is 23.5. The molecule has 0 saturated carbocycles. The van der Waals surface area contributed by atoms with Gasteiger partial charge >= 0.3 is 0 Å². The average molecular weight is 478 g/mol. The van der Waals surface area contributed by atoms with E-state index in [-0.39, 0.29) is 24.5 Å². The molecule has 8 nitrogen and oxygen atoms in total. The van der Waals surface area contributed by atoms with Gasteiger partial charge in [0.1, 0.15) is 17.8 Å². The second-order valence-electron chi connectivity index (χ2n) is 8.22. The van der Waals surface area contributed by atoms with E-state index in [9.17, 15) is 9.90 Å². The Hall–Kier alpha value is -3.46. The Balaban J connectivity index is 1.40. The van der Waals surface area contributed by atoms with E-state index in [0.29, 0.717) is 39.6 Å². The van der Waals surface area contributed by atoms with Gasteiger partial charge in [0.2, 0.25) is 0 Å². The molecule has 9 heteroatoms. The number of carbonyl (C=O) groups excluding carboxylic acids is 1. The number of nitrogens with one attached hydrogen (secondary N) is 3. The van der Waals surface area contributed by atoms with Crippen LogP contribution in [0.2, 0.25) is 5.02 Å². The number of fused-ring (bicyclic) bond motifs is 1. The SMILES string of the molecule is O=C(c1ccc(Nc2ccccc2)cc1Cl)c1c[nH]c2ncnc(N[C@@H]3CC[C@@H](CO)OC3)c12. The third-order valence-corrected chi connectivity index (χ3v) is 6.22. The lowest BCUT2D eigenvalue weighted by atomic mass is 10.0. The molecule has 34 heavy (non-hydrogen) atoms. The normalized spacial score (nSPS) is 18.1. The van der Waals surface area contributed by atoms with Crippen molar-refractivity contribution in [3.8, 4) is 0 Å². The fourth-order valence-electron chi connectivity index (χ4n) is 4.12. The number of halogens is 1. The van der Waals surface area contributed by atoms with E-state index < -0.39 is 0 Å². The van der Waals surface area contributed by atoms with Gasteiger partial charge in [-0.15, -0.1) is 0 Å². The van der Waals surface area contributed by atoms with Crippen molar-refractivity contribution in [3.05, 3.63) is 77.2 Å². The predicted molar refractivity (Wildman–Crippen MR) is 132 cm³/mol. The number of ether oxygens (including phenoxy) is 1. The average Bonchev–Trinajstić information content (AvgIpc) is 3.30. The molecule has 174 valence electrons. The summed E-state index contributed by atoms with van der Waals surface area (Å²) in [7, 11) is 0. The molecular formula is C25H24ClN5O3. The van der Waals surface area contributed by atoms with Gasteiger partial charge in [-0.25, -0.2) is 9.97 Å². The summed E-state index contributed by atoms with van der Waals surface area (Å²) in [6.07, 6.45) is 4.53. The summed E-state index contributed by atoms with van der Waals surface area (Å²) in [5.74, 6) is 0.338. The topological polar surface area (TPSA) is 112 Å². The number of ketones is 1. The predicted octanol–water partition coefficient (Wildman–Crippen LogP) is 4.54. The molecule has 5 rings (SSSR count). The van der Waals surface area contributed by atoms with Crippen molar-refractivity contribution in [1.29, 1.82) is 0 Å². The number of aromatic amines is 1. The van der Waals surface area contributed by atoms with Crippen LogP contribution in [0.15, 0.2) is 61.1 Å². The van der Waals surface area contributed by atoms with Crippen molar-refractivity contribution < 1.29 is 14.6 Å². The first-order chi connectivity index (χ1) is 16.6. The van der Waals surface area contributed by atoms with Gasteiger partial charge in [0.25, 0.3) is 0 Å². The zero-order valence-electron chi connectivity index (χ0n) is 18.3. The molecule has 1 aliphatic rings. The minimum atomic E-state index is -0.222. The van der Waals surface area contributed by atoms with Crippen LogP contribution in [-0.2, 0) is 4.74 Å².